The van der Waals surface area contributed by atoms with Crippen LogP contribution < -0.4 is 0 Å². The number of hydrogen-bond acceptors (Lipinski definition) is 1. The summed E-state index contributed by atoms with van der Waals surface area (Å²) < 4.78 is 0. The lowest BCUT2D eigenvalue weighted by Gasteiger charge is -2.21. The Morgan fingerprint density at radius 3 is 2.31 bits per heavy atom. The first-order chi connectivity index (χ1) is 7.49. The Morgan fingerprint density at radius 1 is 1.31 bits per heavy atom. The van der Waals surface area contributed by atoms with E-state index in [0.717, 1.165) is 17.4 Å². The van der Waals surface area contributed by atoms with Crippen molar-refractivity contribution in [1.29, 1.82) is 0 Å². The number of halogens is 1. The molecule has 0 saturated carbocycles. The minimum atomic E-state index is -0.0104. The van der Waals surface area contributed by atoms with Gasteiger partial charge in [0.2, 0.25) is 0 Å². The molecule has 0 amide bonds. The molecular formula is C14H17ClO. The summed E-state index contributed by atoms with van der Waals surface area (Å²) in [5.74, 6) is 0.593. The number of allylic oxidation sites excluding steroid dienone is 1. The minimum absolute atomic E-state index is 0.0104. The van der Waals surface area contributed by atoms with Crippen molar-refractivity contribution in [1.82, 2.24) is 0 Å². The largest absolute Gasteiger partial charge is 0.298 e. The molecule has 2 heteroatoms. The van der Waals surface area contributed by atoms with Gasteiger partial charge in [0, 0.05) is 11.3 Å². The van der Waals surface area contributed by atoms with Crippen molar-refractivity contribution in [2.45, 2.75) is 26.2 Å². The van der Waals surface area contributed by atoms with E-state index >= 15 is 0 Å². The third-order valence-corrected chi connectivity index (χ3v) is 3.27. The van der Waals surface area contributed by atoms with Crippen LogP contribution in [0.15, 0.2) is 29.8 Å². The van der Waals surface area contributed by atoms with Gasteiger partial charge in [0.15, 0.2) is 0 Å². The Kier molecular flexibility index (Phi) is 4.31. The van der Waals surface area contributed by atoms with Crippen LogP contribution in [0.2, 0.25) is 0 Å². The van der Waals surface area contributed by atoms with Crippen molar-refractivity contribution in [3.63, 3.8) is 0 Å². The number of carbonyl (C=O) groups is 1. The molecule has 0 bridgehead atoms. The highest BCUT2D eigenvalue weighted by molar-refractivity contribution is 6.18. The standard InChI is InChI=1S/C14H17ClO/c1-11(9-16)8-12-4-6-13(7-5-12)14(2,3)10-15/h4-9H,10H2,1-3H3. The van der Waals surface area contributed by atoms with Crippen molar-refractivity contribution >= 4 is 24.0 Å². The molecule has 0 heterocycles. The van der Waals surface area contributed by atoms with Gasteiger partial charge in [-0.15, -0.1) is 11.6 Å². The quantitative estimate of drug-likeness (QED) is 0.442. The molecule has 1 rings (SSSR count). The average molecular weight is 237 g/mol. The Hall–Kier alpha value is -1.08. The average Bonchev–Trinajstić information content (AvgIpc) is 2.29. The lowest BCUT2D eigenvalue weighted by atomic mass is 9.86. The first-order valence-corrected chi connectivity index (χ1v) is 5.83. The van der Waals surface area contributed by atoms with Gasteiger partial charge in [-0.25, -0.2) is 0 Å². The summed E-state index contributed by atoms with van der Waals surface area (Å²) in [6.45, 7) is 6.02. The van der Waals surface area contributed by atoms with Crippen LogP contribution >= 0.6 is 11.6 Å². The summed E-state index contributed by atoms with van der Waals surface area (Å²) in [5, 5.41) is 0. The van der Waals surface area contributed by atoms with Gasteiger partial charge in [-0.05, 0) is 29.7 Å². The van der Waals surface area contributed by atoms with E-state index in [4.69, 9.17) is 11.6 Å². The first-order valence-electron chi connectivity index (χ1n) is 5.29. The topological polar surface area (TPSA) is 17.1 Å². The number of hydrogen-bond donors (Lipinski definition) is 0. The first kappa shape index (κ1) is 13.0. The van der Waals surface area contributed by atoms with Crippen LogP contribution in [0.25, 0.3) is 6.08 Å². The van der Waals surface area contributed by atoms with E-state index in [9.17, 15) is 4.79 Å². The molecular weight excluding hydrogens is 220 g/mol. The molecule has 0 unspecified atom stereocenters. The molecule has 0 saturated heterocycles. The number of alkyl halides is 1. The Bertz CT molecular complexity index is 388. The van der Waals surface area contributed by atoms with Gasteiger partial charge < -0.3 is 0 Å². The number of carbonyl (C=O) groups excluding carboxylic acids is 1. The van der Waals surface area contributed by atoms with Crippen molar-refractivity contribution in [2.24, 2.45) is 0 Å². The van der Waals surface area contributed by atoms with Crippen molar-refractivity contribution in [2.75, 3.05) is 5.88 Å². The summed E-state index contributed by atoms with van der Waals surface area (Å²) >= 11 is 5.92. The van der Waals surface area contributed by atoms with Gasteiger partial charge in [-0.1, -0.05) is 38.1 Å². The van der Waals surface area contributed by atoms with Crippen LogP contribution in [0.5, 0.6) is 0 Å². The maximum atomic E-state index is 10.5. The SMILES string of the molecule is CC(C=O)=Cc1ccc(C(C)(C)CCl)cc1. The van der Waals surface area contributed by atoms with E-state index in [1.807, 2.05) is 18.2 Å². The fourth-order valence-corrected chi connectivity index (χ4v) is 1.56. The molecule has 0 aromatic heterocycles. The lowest BCUT2D eigenvalue weighted by Crippen LogP contribution is -2.18. The van der Waals surface area contributed by atoms with E-state index in [0.29, 0.717) is 5.88 Å². The highest BCUT2D eigenvalue weighted by atomic mass is 35.5. The molecule has 1 aromatic carbocycles. The maximum absolute atomic E-state index is 10.5. The highest BCUT2D eigenvalue weighted by Crippen LogP contribution is 2.25. The zero-order valence-electron chi connectivity index (χ0n) is 9.96. The van der Waals surface area contributed by atoms with E-state index < -0.39 is 0 Å². The van der Waals surface area contributed by atoms with E-state index in [2.05, 4.69) is 26.0 Å². The number of aldehydes is 1. The third kappa shape index (κ3) is 3.21. The second-order valence-electron chi connectivity index (χ2n) is 4.65. The predicted octanol–water partition coefficient (Wildman–Crippen LogP) is 3.81. The number of rotatable bonds is 4. The Balaban J connectivity index is 2.96. The molecule has 0 aliphatic carbocycles. The van der Waals surface area contributed by atoms with Crippen molar-refractivity contribution in [3.05, 3.63) is 41.0 Å². The third-order valence-electron chi connectivity index (χ3n) is 2.61. The van der Waals surface area contributed by atoms with Gasteiger partial charge in [0.1, 0.15) is 6.29 Å². The van der Waals surface area contributed by atoms with Gasteiger partial charge in [0.05, 0.1) is 0 Å². The van der Waals surface area contributed by atoms with Gasteiger partial charge in [-0.2, -0.15) is 0 Å². The van der Waals surface area contributed by atoms with E-state index in [-0.39, 0.29) is 5.41 Å². The Morgan fingerprint density at radius 2 is 1.88 bits per heavy atom. The maximum Gasteiger partial charge on any atom is 0.145 e. The zero-order valence-corrected chi connectivity index (χ0v) is 10.7. The van der Waals surface area contributed by atoms with Gasteiger partial charge in [0.25, 0.3) is 0 Å². The predicted molar refractivity (Wildman–Crippen MR) is 69.9 cm³/mol. The molecule has 0 aliphatic heterocycles. The highest BCUT2D eigenvalue weighted by Gasteiger charge is 2.18. The summed E-state index contributed by atoms with van der Waals surface area (Å²) in [4.78, 5) is 10.5. The van der Waals surface area contributed by atoms with E-state index in [1.165, 1.54) is 5.56 Å². The van der Waals surface area contributed by atoms with Crippen LogP contribution in [-0.2, 0) is 10.2 Å². The van der Waals surface area contributed by atoms with Crippen molar-refractivity contribution < 1.29 is 4.79 Å². The molecule has 0 spiro atoms. The molecule has 1 aromatic rings. The van der Waals surface area contributed by atoms with E-state index in [1.54, 1.807) is 6.92 Å². The molecule has 0 aliphatic rings. The van der Waals surface area contributed by atoms with Gasteiger partial charge >= 0.3 is 0 Å². The summed E-state index contributed by atoms with van der Waals surface area (Å²) in [6.07, 6.45) is 2.72. The lowest BCUT2D eigenvalue weighted by molar-refractivity contribution is -0.104. The second-order valence-corrected chi connectivity index (χ2v) is 4.91. The second kappa shape index (κ2) is 5.31. The van der Waals surface area contributed by atoms with Crippen LogP contribution in [0.3, 0.4) is 0 Å². The zero-order chi connectivity index (χ0) is 12.2. The van der Waals surface area contributed by atoms with Crippen molar-refractivity contribution in [3.8, 4) is 0 Å². The van der Waals surface area contributed by atoms with Gasteiger partial charge in [-0.3, -0.25) is 4.79 Å². The molecule has 0 N–H and O–H groups in total. The normalized spacial score (nSPS) is 12.6. The summed E-state index contributed by atoms with van der Waals surface area (Å²) in [7, 11) is 0. The molecule has 0 radical (unpaired) electrons. The monoisotopic (exact) mass is 236 g/mol. The molecule has 1 nitrogen and oxygen atoms in total. The molecule has 0 atom stereocenters. The van der Waals surface area contributed by atoms with Crippen LogP contribution in [0.1, 0.15) is 31.9 Å². The molecule has 86 valence electrons. The minimum Gasteiger partial charge on any atom is -0.298 e. The van der Waals surface area contributed by atoms with Crippen LogP contribution in [-0.4, -0.2) is 12.2 Å². The fourth-order valence-electron chi connectivity index (χ4n) is 1.40. The van der Waals surface area contributed by atoms with Crippen LogP contribution in [0, 0.1) is 0 Å². The fraction of sp³-hybridized carbons (Fsp3) is 0.357. The summed E-state index contributed by atoms with van der Waals surface area (Å²) in [5.41, 5.74) is 2.97. The number of benzene rings is 1. The molecule has 0 fully saturated rings. The Labute approximate surface area is 102 Å². The molecule has 16 heavy (non-hydrogen) atoms. The van der Waals surface area contributed by atoms with Crippen LogP contribution in [0.4, 0.5) is 0 Å². The smallest absolute Gasteiger partial charge is 0.145 e. The summed E-state index contributed by atoms with van der Waals surface area (Å²) in [6, 6.07) is 8.14.